The van der Waals surface area contributed by atoms with E-state index in [9.17, 15) is 4.79 Å². The molecule has 3 nitrogen and oxygen atoms in total. The molecule has 1 atom stereocenters. The van der Waals surface area contributed by atoms with Gasteiger partial charge >= 0.3 is 0 Å². The molecule has 0 spiro atoms. The number of nitrogens with zero attached hydrogens (tertiary/aromatic N) is 1. The van der Waals surface area contributed by atoms with Crippen molar-refractivity contribution in [1.82, 2.24) is 10.2 Å². The molecule has 2 fully saturated rings. The van der Waals surface area contributed by atoms with E-state index in [0.29, 0.717) is 23.8 Å². The highest BCUT2D eigenvalue weighted by molar-refractivity contribution is 5.77. The molecular formula is C12H22N2O. The summed E-state index contributed by atoms with van der Waals surface area (Å²) in [5.74, 6) is 0.347. The molecule has 2 rings (SSSR count). The van der Waals surface area contributed by atoms with E-state index in [4.69, 9.17) is 0 Å². The highest BCUT2D eigenvalue weighted by atomic mass is 16.2. The number of hydrogen-bond acceptors (Lipinski definition) is 2. The van der Waals surface area contributed by atoms with E-state index in [0.717, 1.165) is 26.1 Å². The molecule has 0 aromatic rings. The second-order valence-corrected chi connectivity index (χ2v) is 5.73. The van der Waals surface area contributed by atoms with Gasteiger partial charge in [-0.1, -0.05) is 13.8 Å². The maximum Gasteiger partial charge on any atom is 0.224 e. The first-order valence-electron chi connectivity index (χ1n) is 6.08. The third-order valence-electron chi connectivity index (χ3n) is 3.61. The molecule has 86 valence electrons. The van der Waals surface area contributed by atoms with Crippen LogP contribution < -0.4 is 5.32 Å². The molecule has 15 heavy (non-hydrogen) atoms. The van der Waals surface area contributed by atoms with Crippen LogP contribution >= 0.6 is 0 Å². The Morgan fingerprint density at radius 3 is 2.87 bits per heavy atom. The molecule has 1 amide bonds. The summed E-state index contributed by atoms with van der Waals surface area (Å²) in [5.41, 5.74) is 0.332. The zero-order valence-corrected chi connectivity index (χ0v) is 9.88. The first-order valence-corrected chi connectivity index (χ1v) is 6.08. The van der Waals surface area contributed by atoms with E-state index >= 15 is 0 Å². The molecule has 1 unspecified atom stereocenters. The molecule has 0 bridgehead atoms. The molecule has 0 aliphatic carbocycles. The summed E-state index contributed by atoms with van der Waals surface area (Å²) in [6.07, 6.45) is 4.25. The number of rotatable bonds is 2. The Hall–Kier alpha value is -0.570. The number of carbonyl (C=O) groups excluding carboxylic acids is 1. The smallest absolute Gasteiger partial charge is 0.224 e. The molecule has 0 aromatic heterocycles. The Balaban J connectivity index is 1.81. The van der Waals surface area contributed by atoms with E-state index in [1.165, 1.54) is 12.8 Å². The quantitative estimate of drug-likeness (QED) is 0.747. The molecule has 3 heteroatoms. The Labute approximate surface area is 92.2 Å². The minimum atomic E-state index is 0.332. The summed E-state index contributed by atoms with van der Waals surface area (Å²) >= 11 is 0. The summed E-state index contributed by atoms with van der Waals surface area (Å²) in [7, 11) is 0. The van der Waals surface area contributed by atoms with E-state index < -0.39 is 0 Å². The number of amides is 1. The third kappa shape index (κ3) is 2.71. The summed E-state index contributed by atoms with van der Waals surface area (Å²) < 4.78 is 0. The van der Waals surface area contributed by atoms with Gasteiger partial charge in [-0.25, -0.2) is 0 Å². The largest absolute Gasteiger partial charge is 0.342 e. The molecule has 1 N–H and O–H groups in total. The Bertz CT molecular complexity index is 244. The van der Waals surface area contributed by atoms with Crippen molar-refractivity contribution in [2.75, 3.05) is 19.6 Å². The lowest BCUT2D eigenvalue weighted by atomic mass is 9.93. The van der Waals surface area contributed by atoms with E-state index in [-0.39, 0.29) is 0 Å². The van der Waals surface area contributed by atoms with Crippen molar-refractivity contribution in [3.63, 3.8) is 0 Å². The van der Waals surface area contributed by atoms with E-state index in [1.807, 2.05) is 4.90 Å². The Morgan fingerprint density at radius 1 is 1.53 bits per heavy atom. The zero-order valence-electron chi connectivity index (χ0n) is 9.88. The van der Waals surface area contributed by atoms with Crippen molar-refractivity contribution in [1.29, 1.82) is 0 Å². The SMILES string of the molecule is CC1(C)CCN(C(=O)CC2CCCN2)C1. The molecule has 2 heterocycles. The second-order valence-electron chi connectivity index (χ2n) is 5.73. The summed E-state index contributed by atoms with van der Waals surface area (Å²) in [4.78, 5) is 14.0. The van der Waals surface area contributed by atoms with Crippen LogP contribution in [-0.4, -0.2) is 36.5 Å². The lowest BCUT2D eigenvalue weighted by Crippen LogP contribution is -2.35. The van der Waals surface area contributed by atoms with Crippen LogP contribution in [0.4, 0.5) is 0 Å². The van der Waals surface area contributed by atoms with Crippen LogP contribution in [0.25, 0.3) is 0 Å². The lowest BCUT2D eigenvalue weighted by molar-refractivity contribution is -0.130. The van der Waals surface area contributed by atoms with Crippen molar-refractivity contribution in [3.8, 4) is 0 Å². The highest BCUT2D eigenvalue weighted by Crippen LogP contribution is 2.29. The van der Waals surface area contributed by atoms with E-state index in [1.54, 1.807) is 0 Å². The monoisotopic (exact) mass is 210 g/mol. The second kappa shape index (κ2) is 4.12. The van der Waals surface area contributed by atoms with Gasteiger partial charge in [0, 0.05) is 25.6 Å². The Morgan fingerprint density at radius 2 is 2.33 bits per heavy atom. The standard InChI is InChI=1S/C12H22N2O/c1-12(2)5-7-14(9-12)11(15)8-10-4-3-6-13-10/h10,13H,3-9H2,1-2H3. The fraction of sp³-hybridized carbons (Fsp3) is 0.917. The molecule has 2 saturated heterocycles. The van der Waals surface area contributed by atoms with Crippen LogP contribution in [0.3, 0.4) is 0 Å². The molecule has 0 radical (unpaired) electrons. The van der Waals surface area contributed by atoms with Gasteiger partial charge in [0.1, 0.15) is 0 Å². The van der Waals surface area contributed by atoms with Gasteiger partial charge in [0.2, 0.25) is 5.91 Å². The number of hydrogen-bond donors (Lipinski definition) is 1. The van der Waals surface area contributed by atoms with Gasteiger partial charge in [-0.05, 0) is 31.2 Å². The molecule has 0 saturated carbocycles. The van der Waals surface area contributed by atoms with Crippen molar-refractivity contribution in [3.05, 3.63) is 0 Å². The average molecular weight is 210 g/mol. The third-order valence-corrected chi connectivity index (χ3v) is 3.61. The van der Waals surface area contributed by atoms with Crippen LogP contribution in [0.15, 0.2) is 0 Å². The van der Waals surface area contributed by atoms with Crippen LogP contribution in [0.1, 0.15) is 39.5 Å². The van der Waals surface area contributed by atoms with Crippen LogP contribution in [0.5, 0.6) is 0 Å². The normalized spacial score (nSPS) is 29.7. The van der Waals surface area contributed by atoms with Crippen molar-refractivity contribution >= 4 is 5.91 Å². The predicted octanol–water partition coefficient (Wildman–Crippen LogP) is 1.39. The van der Waals surface area contributed by atoms with Gasteiger partial charge in [-0.2, -0.15) is 0 Å². The number of likely N-dealkylation sites (tertiary alicyclic amines) is 1. The molecule has 2 aliphatic heterocycles. The lowest BCUT2D eigenvalue weighted by Gasteiger charge is -2.21. The molecular weight excluding hydrogens is 188 g/mol. The van der Waals surface area contributed by atoms with Crippen LogP contribution in [0.2, 0.25) is 0 Å². The van der Waals surface area contributed by atoms with Crippen LogP contribution in [0, 0.1) is 5.41 Å². The van der Waals surface area contributed by atoms with Gasteiger partial charge in [-0.15, -0.1) is 0 Å². The maximum absolute atomic E-state index is 12.0. The van der Waals surface area contributed by atoms with Gasteiger partial charge in [0.25, 0.3) is 0 Å². The van der Waals surface area contributed by atoms with Crippen molar-refractivity contribution < 1.29 is 4.79 Å². The van der Waals surface area contributed by atoms with Gasteiger partial charge in [-0.3, -0.25) is 4.79 Å². The molecule has 0 aromatic carbocycles. The van der Waals surface area contributed by atoms with Gasteiger partial charge in [0.05, 0.1) is 0 Å². The Kier molecular flexibility index (Phi) is 3.01. The zero-order chi connectivity index (χ0) is 10.9. The van der Waals surface area contributed by atoms with Crippen molar-refractivity contribution in [2.45, 2.75) is 45.6 Å². The highest BCUT2D eigenvalue weighted by Gasteiger charge is 2.32. The average Bonchev–Trinajstić information content (AvgIpc) is 2.74. The maximum atomic E-state index is 12.0. The minimum Gasteiger partial charge on any atom is -0.342 e. The number of carbonyl (C=O) groups is 1. The summed E-state index contributed by atoms with van der Waals surface area (Å²) in [5, 5.41) is 3.38. The summed E-state index contributed by atoms with van der Waals surface area (Å²) in [6.45, 7) is 7.47. The first-order chi connectivity index (χ1) is 7.07. The fourth-order valence-electron chi connectivity index (χ4n) is 2.60. The summed E-state index contributed by atoms with van der Waals surface area (Å²) in [6, 6.07) is 0.446. The predicted molar refractivity (Wildman–Crippen MR) is 60.6 cm³/mol. The fourth-order valence-corrected chi connectivity index (χ4v) is 2.60. The topological polar surface area (TPSA) is 32.3 Å². The molecule has 2 aliphatic rings. The van der Waals surface area contributed by atoms with Gasteiger partial charge in [0.15, 0.2) is 0 Å². The minimum absolute atomic E-state index is 0.332. The van der Waals surface area contributed by atoms with Gasteiger partial charge < -0.3 is 10.2 Å². The van der Waals surface area contributed by atoms with Crippen molar-refractivity contribution in [2.24, 2.45) is 5.41 Å². The van der Waals surface area contributed by atoms with E-state index in [2.05, 4.69) is 19.2 Å². The number of nitrogens with one attached hydrogen (secondary N) is 1. The first kappa shape index (κ1) is 10.9. The van der Waals surface area contributed by atoms with Crippen LogP contribution in [-0.2, 0) is 4.79 Å².